The number of ether oxygens (including phenoxy) is 2. The molecule has 0 unspecified atom stereocenters. The zero-order chi connectivity index (χ0) is 20.9. The second kappa shape index (κ2) is 9.49. The van der Waals surface area contributed by atoms with Crippen LogP contribution in [0.15, 0.2) is 48.5 Å². The summed E-state index contributed by atoms with van der Waals surface area (Å²) in [5.41, 5.74) is 2.31. The summed E-state index contributed by atoms with van der Waals surface area (Å²) in [6.07, 6.45) is 0. The van der Waals surface area contributed by atoms with Crippen LogP contribution in [0.4, 0.5) is 0 Å². The van der Waals surface area contributed by atoms with Gasteiger partial charge in [0, 0.05) is 45.8 Å². The van der Waals surface area contributed by atoms with Crippen molar-refractivity contribution >= 4 is 5.91 Å². The second-order valence-electron chi connectivity index (χ2n) is 7.82. The molecule has 30 heavy (non-hydrogen) atoms. The van der Waals surface area contributed by atoms with Crippen LogP contribution in [0.5, 0.6) is 11.5 Å². The maximum Gasteiger partial charge on any atom is 0.244 e. The van der Waals surface area contributed by atoms with Crippen molar-refractivity contribution < 1.29 is 14.3 Å². The maximum absolute atomic E-state index is 13.3. The van der Waals surface area contributed by atoms with E-state index < -0.39 is 0 Å². The van der Waals surface area contributed by atoms with Crippen molar-refractivity contribution in [1.29, 1.82) is 0 Å². The van der Waals surface area contributed by atoms with Gasteiger partial charge in [-0.05, 0) is 37.1 Å². The van der Waals surface area contributed by atoms with E-state index in [9.17, 15) is 4.79 Å². The summed E-state index contributed by atoms with van der Waals surface area (Å²) < 4.78 is 10.9. The first-order valence-electron chi connectivity index (χ1n) is 10.9. The lowest BCUT2D eigenvalue weighted by Crippen LogP contribution is -2.51. The number of rotatable bonds is 7. The van der Waals surface area contributed by atoms with Crippen LogP contribution in [0.1, 0.15) is 31.0 Å². The van der Waals surface area contributed by atoms with Gasteiger partial charge in [0.05, 0.1) is 0 Å². The number of amides is 1. The van der Waals surface area contributed by atoms with Crippen LogP contribution in [0.3, 0.4) is 0 Å². The molecule has 0 bridgehead atoms. The smallest absolute Gasteiger partial charge is 0.244 e. The van der Waals surface area contributed by atoms with Gasteiger partial charge in [-0.3, -0.25) is 14.6 Å². The van der Waals surface area contributed by atoms with Gasteiger partial charge in [0.25, 0.3) is 0 Å². The Morgan fingerprint density at radius 2 is 1.67 bits per heavy atom. The van der Waals surface area contributed by atoms with Crippen molar-refractivity contribution in [2.45, 2.75) is 26.4 Å². The molecule has 2 aliphatic heterocycles. The van der Waals surface area contributed by atoms with Crippen LogP contribution in [0.25, 0.3) is 0 Å². The van der Waals surface area contributed by atoms with Gasteiger partial charge in [-0.25, -0.2) is 0 Å². The lowest BCUT2D eigenvalue weighted by Gasteiger charge is -2.40. The van der Waals surface area contributed by atoms with E-state index in [1.807, 2.05) is 43.0 Å². The lowest BCUT2D eigenvalue weighted by molar-refractivity contribution is -0.137. The number of benzene rings is 2. The molecule has 0 spiro atoms. The van der Waals surface area contributed by atoms with E-state index in [4.69, 9.17) is 9.47 Å². The molecule has 6 heteroatoms. The number of fused-ring (bicyclic) bond motifs is 1. The third-order valence-electron chi connectivity index (χ3n) is 6.04. The molecule has 0 radical (unpaired) electrons. The zero-order valence-electron chi connectivity index (χ0n) is 17.9. The Hall–Kier alpha value is -2.57. The molecule has 6 nitrogen and oxygen atoms in total. The standard InChI is InChI=1S/C24H31N3O3/c1-3-26(4-2)24(28)23(20-8-6-5-7-9-20)27-14-12-25(13-15-27)17-19-10-11-21-22(16-19)30-18-29-21/h5-11,16,23H,3-4,12-15,17-18H2,1-2H3/t23-/m0/s1. The van der Waals surface area contributed by atoms with Crippen molar-refractivity contribution in [2.75, 3.05) is 46.1 Å². The fourth-order valence-electron chi connectivity index (χ4n) is 4.33. The molecule has 2 heterocycles. The topological polar surface area (TPSA) is 45.3 Å². The molecule has 160 valence electrons. The summed E-state index contributed by atoms with van der Waals surface area (Å²) >= 11 is 0. The third-order valence-corrected chi connectivity index (χ3v) is 6.04. The first-order valence-corrected chi connectivity index (χ1v) is 10.9. The summed E-state index contributed by atoms with van der Waals surface area (Å²) in [7, 11) is 0. The fourth-order valence-corrected chi connectivity index (χ4v) is 4.33. The van der Waals surface area contributed by atoms with Crippen LogP contribution in [0, 0.1) is 0 Å². The average Bonchev–Trinajstić information content (AvgIpc) is 3.25. The monoisotopic (exact) mass is 409 g/mol. The molecule has 0 aromatic heterocycles. The van der Waals surface area contributed by atoms with Gasteiger partial charge >= 0.3 is 0 Å². The summed E-state index contributed by atoms with van der Waals surface area (Å²) in [6, 6.07) is 16.2. The fraction of sp³-hybridized carbons (Fsp3) is 0.458. The number of carbonyl (C=O) groups is 1. The average molecular weight is 410 g/mol. The molecule has 1 amide bonds. The Kier molecular flexibility index (Phi) is 6.55. The SMILES string of the molecule is CCN(CC)C(=O)[C@H](c1ccccc1)N1CCN(Cc2ccc3c(c2)OCO3)CC1. The van der Waals surface area contributed by atoms with Crippen molar-refractivity contribution in [3.63, 3.8) is 0 Å². The van der Waals surface area contributed by atoms with Crippen molar-refractivity contribution in [3.05, 3.63) is 59.7 Å². The maximum atomic E-state index is 13.3. The van der Waals surface area contributed by atoms with Crippen LogP contribution in [-0.4, -0.2) is 66.7 Å². The van der Waals surface area contributed by atoms with Gasteiger partial charge in [-0.15, -0.1) is 0 Å². The number of piperazine rings is 1. The molecular weight excluding hydrogens is 378 g/mol. The van der Waals surface area contributed by atoms with E-state index in [1.54, 1.807) is 0 Å². The Labute approximate surface area is 179 Å². The Morgan fingerprint density at radius 3 is 2.37 bits per heavy atom. The predicted octanol–water partition coefficient (Wildman–Crippen LogP) is 3.14. The van der Waals surface area contributed by atoms with Crippen LogP contribution < -0.4 is 9.47 Å². The highest BCUT2D eigenvalue weighted by molar-refractivity contribution is 5.83. The van der Waals surface area contributed by atoms with Gasteiger partial charge in [0.1, 0.15) is 6.04 Å². The van der Waals surface area contributed by atoms with E-state index in [2.05, 4.69) is 34.1 Å². The number of likely N-dealkylation sites (N-methyl/N-ethyl adjacent to an activating group) is 1. The van der Waals surface area contributed by atoms with Crippen molar-refractivity contribution in [1.82, 2.24) is 14.7 Å². The molecule has 4 rings (SSSR count). The van der Waals surface area contributed by atoms with Crippen LogP contribution >= 0.6 is 0 Å². The lowest BCUT2D eigenvalue weighted by atomic mass is 10.0. The van der Waals surface area contributed by atoms with E-state index in [-0.39, 0.29) is 11.9 Å². The molecule has 0 N–H and O–H groups in total. The number of nitrogens with zero attached hydrogens (tertiary/aromatic N) is 3. The molecule has 2 aromatic carbocycles. The highest BCUT2D eigenvalue weighted by atomic mass is 16.7. The van der Waals surface area contributed by atoms with E-state index in [0.717, 1.165) is 62.9 Å². The minimum atomic E-state index is -0.209. The number of hydrogen-bond acceptors (Lipinski definition) is 5. The van der Waals surface area contributed by atoms with E-state index >= 15 is 0 Å². The predicted molar refractivity (Wildman–Crippen MR) is 117 cm³/mol. The Morgan fingerprint density at radius 1 is 0.967 bits per heavy atom. The normalized spacial score (nSPS) is 17.7. The third kappa shape index (κ3) is 4.45. The highest BCUT2D eigenvalue weighted by Gasteiger charge is 2.32. The minimum absolute atomic E-state index is 0.204. The first kappa shape index (κ1) is 20.7. The number of hydrogen-bond donors (Lipinski definition) is 0. The molecule has 1 saturated heterocycles. The van der Waals surface area contributed by atoms with Gasteiger partial charge in [0.15, 0.2) is 11.5 Å². The number of carbonyl (C=O) groups excluding carboxylic acids is 1. The van der Waals surface area contributed by atoms with Gasteiger partial charge in [-0.1, -0.05) is 36.4 Å². The molecule has 0 aliphatic carbocycles. The molecular formula is C24H31N3O3. The summed E-state index contributed by atoms with van der Waals surface area (Å²) in [5, 5.41) is 0. The highest BCUT2D eigenvalue weighted by Crippen LogP contribution is 2.33. The zero-order valence-corrected chi connectivity index (χ0v) is 17.9. The summed E-state index contributed by atoms with van der Waals surface area (Å²) in [5.74, 6) is 1.86. The second-order valence-corrected chi connectivity index (χ2v) is 7.82. The molecule has 2 aromatic rings. The van der Waals surface area contributed by atoms with Gasteiger partial charge < -0.3 is 14.4 Å². The summed E-state index contributed by atoms with van der Waals surface area (Å²) in [4.78, 5) is 20.1. The van der Waals surface area contributed by atoms with Crippen LogP contribution in [-0.2, 0) is 11.3 Å². The molecule has 1 fully saturated rings. The minimum Gasteiger partial charge on any atom is -0.454 e. The quantitative estimate of drug-likeness (QED) is 0.703. The van der Waals surface area contributed by atoms with Gasteiger partial charge in [-0.2, -0.15) is 0 Å². The van der Waals surface area contributed by atoms with Gasteiger partial charge in [0.2, 0.25) is 12.7 Å². The molecule has 1 atom stereocenters. The molecule has 0 saturated carbocycles. The Bertz CT molecular complexity index is 846. The summed E-state index contributed by atoms with van der Waals surface area (Å²) in [6.45, 7) is 10.4. The molecule has 2 aliphatic rings. The van der Waals surface area contributed by atoms with E-state index in [1.165, 1.54) is 5.56 Å². The van der Waals surface area contributed by atoms with Crippen molar-refractivity contribution in [2.24, 2.45) is 0 Å². The largest absolute Gasteiger partial charge is 0.454 e. The van der Waals surface area contributed by atoms with Crippen LogP contribution in [0.2, 0.25) is 0 Å². The Balaban J connectivity index is 1.43. The van der Waals surface area contributed by atoms with E-state index in [0.29, 0.717) is 6.79 Å². The van der Waals surface area contributed by atoms with Crippen molar-refractivity contribution in [3.8, 4) is 11.5 Å². The first-order chi connectivity index (χ1) is 14.7.